The molecule has 0 bridgehead atoms. The molecule has 2 N–H and O–H groups in total. The van der Waals surface area contributed by atoms with E-state index in [4.69, 9.17) is 4.74 Å². The molecule has 1 aromatic rings. The van der Waals surface area contributed by atoms with Crippen LogP contribution in [0.1, 0.15) is 18.9 Å². The highest BCUT2D eigenvalue weighted by Gasteiger charge is 2.55. The highest BCUT2D eigenvalue weighted by molar-refractivity contribution is 6.24. The van der Waals surface area contributed by atoms with E-state index in [-0.39, 0.29) is 25.3 Å². The van der Waals surface area contributed by atoms with Crippen LogP contribution in [-0.2, 0) is 20.5 Å². The Hall–Kier alpha value is -2.62. The van der Waals surface area contributed by atoms with E-state index in [1.165, 1.54) is 6.07 Å². The molecule has 0 radical (unpaired) electrons. The number of halogens is 3. The number of hydrogen-bond donors (Lipinski definition) is 2. The first-order valence-electron chi connectivity index (χ1n) is 7.37. The SMILES string of the molecule is CC(=O)Nc1ccc(N2C(=O)NC3(CCOC3)C2=O)c(C(F)(F)F)c1. The number of amides is 4. The lowest BCUT2D eigenvalue weighted by Gasteiger charge is -2.21. The van der Waals surface area contributed by atoms with E-state index in [0.29, 0.717) is 11.0 Å². The minimum atomic E-state index is -4.83. The fraction of sp³-hybridized carbons (Fsp3) is 0.400. The van der Waals surface area contributed by atoms with Gasteiger partial charge in [0.05, 0.1) is 17.9 Å². The normalized spacial score (nSPS) is 23.3. The summed E-state index contributed by atoms with van der Waals surface area (Å²) in [6.45, 7) is 1.30. The molecule has 1 atom stereocenters. The molecule has 3 rings (SSSR count). The number of carbonyl (C=O) groups excluding carboxylic acids is 3. The van der Waals surface area contributed by atoms with Crippen LogP contribution in [-0.4, -0.2) is 36.6 Å². The molecule has 1 aromatic carbocycles. The highest BCUT2D eigenvalue weighted by Crippen LogP contribution is 2.41. The third-order valence-electron chi connectivity index (χ3n) is 4.05. The van der Waals surface area contributed by atoms with E-state index in [1.807, 2.05) is 0 Å². The van der Waals surface area contributed by atoms with Gasteiger partial charge < -0.3 is 15.4 Å². The van der Waals surface area contributed by atoms with Crippen molar-refractivity contribution in [1.29, 1.82) is 0 Å². The van der Waals surface area contributed by atoms with Gasteiger partial charge in [0.2, 0.25) is 5.91 Å². The van der Waals surface area contributed by atoms with Gasteiger partial charge in [0.15, 0.2) is 0 Å². The van der Waals surface area contributed by atoms with Crippen molar-refractivity contribution in [3.63, 3.8) is 0 Å². The molecular formula is C15H14F3N3O4. The predicted octanol–water partition coefficient (Wildman–Crippen LogP) is 1.88. The number of carbonyl (C=O) groups is 3. The van der Waals surface area contributed by atoms with Gasteiger partial charge in [0.25, 0.3) is 5.91 Å². The molecule has 7 nitrogen and oxygen atoms in total. The van der Waals surface area contributed by atoms with Gasteiger partial charge in [0.1, 0.15) is 5.54 Å². The number of urea groups is 1. The Kier molecular flexibility index (Phi) is 3.94. The van der Waals surface area contributed by atoms with Crippen molar-refractivity contribution >= 4 is 29.2 Å². The van der Waals surface area contributed by atoms with Gasteiger partial charge in [-0.3, -0.25) is 9.59 Å². The van der Waals surface area contributed by atoms with Crippen LogP contribution in [0, 0.1) is 0 Å². The average molecular weight is 357 g/mol. The smallest absolute Gasteiger partial charge is 0.378 e. The Balaban J connectivity index is 2.05. The molecule has 0 aromatic heterocycles. The second-order valence-electron chi connectivity index (χ2n) is 5.87. The second kappa shape index (κ2) is 5.73. The minimum absolute atomic E-state index is 0.0839. The average Bonchev–Trinajstić information content (AvgIpc) is 3.05. The zero-order valence-corrected chi connectivity index (χ0v) is 13.1. The van der Waals surface area contributed by atoms with Crippen molar-refractivity contribution in [1.82, 2.24) is 5.32 Å². The molecule has 2 aliphatic rings. The van der Waals surface area contributed by atoms with Crippen molar-refractivity contribution in [2.75, 3.05) is 23.4 Å². The fourth-order valence-electron chi connectivity index (χ4n) is 2.91. The first kappa shape index (κ1) is 17.2. The van der Waals surface area contributed by atoms with Gasteiger partial charge >= 0.3 is 12.2 Å². The molecule has 0 aliphatic carbocycles. The summed E-state index contributed by atoms with van der Waals surface area (Å²) < 4.78 is 45.4. The van der Waals surface area contributed by atoms with Crippen LogP contribution in [0.25, 0.3) is 0 Å². The van der Waals surface area contributed by atoms with E-state index in [2.05, 4.69) is 10.6 Å². The van der Waals surface area contributed by atoms with Crippen LogP contribution in [0.2, 0.25) is 0 Å². The molecule has 2 heterocycles. The van der Waals surface area contributed by atoms with Crippen LogP contribution >= 0.6 is 0 Å². The maximum absolute atomic E-state index is 13.4. The lowest BCUT2D eigenvalue weighted by atomic mass is 9.98. The molecule has 2 fully saturated rings. The maximum atomic E-state index is 13.4. The Bertz CT molecular complexity index is 757. The molecule has 0 saturated carbocycles. The summed E-state index contributed by atoms with van der Waals surface area (Å²) in [7, 11) is 0. The summed E-state index contributed by atoms with van der Waals surface area (Å²) in [6.07, 6.45) is -4.63. The van der Waals surface area contributed by atoms with E-state index >= 15 is 0 Å². The number of ether oxygens (including phenoxy) is 1. The third-order valence-corrected chi connectivity index (χ3v) is 4.05. The van der Waals surface area contributed by atoms with Crippen LogP contribution in [0.4, 0.5) is 29.3 Å². The molecular weight excluding hydrogens is 343 g/mol. The quantitative estimate of drug-likeness (QED) is 0.791. The zero-order chi connectivity index (χ0) is 18.4. The first-order valence-corrected chi connectivity index (χ1v) is 7.37. The number of alkyl halides is 3. The van der Waals surface area contributed by atoms with Crippen LogP contribution < -0.4 is 15.5 Å². The van der Waals surface area contributed by atoms with Crippen LogP contribution in [0.3, 0.4) is 0 Å². The summed E-state index contributed by atoms with van der Waals surface area (Å²) >= 11 is 0. The standard InChI is InChI=1S/C15H14F3N3O4/c1-8(22)19-9-2-3-11(10(6-9)15(16,17)18)21-12(23)14(20-13(21)24)4-5-25-7-14/h2-3,6H,4-5,7H2,1H3,(H,19,22)(H,20,24). The van der Waals surface area contributed by atoms with Crippen LogP contribution in [0.15, 0.2) is 18.2 Å². The number of rotatable bonds is 2. The van der Waals surface area contributed by atoms with Crippen LogP contribution in [0.5, 0.6) is 0 Å². The van der Waals surface area contributed by atoms with Crippen molar-refractivity contribution in [3.05, 3.63) is 23.8 Å². The third kappa shape index (κ3) is 2.93. The second-order valence-corrected chi connectivity index (χ2v) is 5.87. The topological polar surface area (TPSA) is 87.7 Å². The molecule has 2 saturated heterocycles. The van der Waals surface area contributed by atoms with E-state index in [9.17, 15) is 27.6 Å². The summed E-state index contributed by atoms with van der Waals surface area (Å²) in [5.74, 6) is -1.33. The molecule has 1 unspecified atom stereocenters. The number of imide groups is 1. The molecule has 4 amide bonds. The number of nitrogens with zero attached hydrogens (tertiary/aromatic N) is 1. The molecule has 1 spiro atoms. The fourth-order valence-corrected chi connectivity index (χ4v) is 2.91. The van der Waals surface area contributed by atoms with E-state index in [1.54, 1.807) is 0 Å². The van der Waals surface area contributed by atoms with Gasteiger partial charge in [-0.15, -0.1) is 0 Å². The zero-order valence-electron chi connectivity index (χ0n) is 13.1. The number of anilines is 2. The molecule has 2 aliphatic heterocycles. The minimum Gasteiger partial charge on any atom is -0.378 e. The van der Waals surface area contributed by atoms with Gasteiger partial charge in [-0.25, -0.2) is 9.69 Å². The Morgan fingerprint density at radius 2 is 2.08 bits per heavy atom. The molecule has 10 heteroatoms. The van der Waals surface area contributed by atoms with Crippen molar-refractivity contribution in [3.8, 4) is 0 Å². The van der Waals surface area contributed by atoms with Gasteiger partial charge in [-0.1, -0.05) is 0 Å². The lowest BCUT2D eigenvalue weighted by Crippen LogP contribution is -2.47. The Morgan fingerprint density at radius 3 is 2.64 bits per heavy atom. The maximum Gasteiger partial charge on any atom is 0.418 e. The van der Waals surface area contributed by atoms with Crippen molar-refractivity contribution in [2.45, 2.75) is 25.1 Å². The summed E-state index contributed by atoms with van der Waals surface area (Å²) in [5.41, 5.74) is -3.20. The summed E-state index contributed by atoms with van der Waals surface area (Å²) in [6, 6.07) is 1.93. The van der Waals surface area contributed by atoms with Gasteiger partial charge in [-0.05, 0) is 18.2 Å². The first-order chi connectivity index (χ1) is 11.6. The number of benzene rings is 1. The molecule has 25 heavy (non-hydrogen) atoms. The lowest BCUT2D eigenvalue weighted by molar-refractivity contribution is -0.137. The monoisotopic (exact) mass is 357 g/mol. The van der Waals surface area contributed by atoms with Crippen molar-refractivity contribution < 1.29 is 32.3 Å². The van der Waals surface area contributed by atoms with E-state index < -0.39 is 40.8 Å². The van der Waals surface area contributed by atoms with Gasteiger partial charge in [-0.2, -0.15) is 13.2 Å². The van der Waals surface area contributed by atoms with E-state index in [0.717, 1.165) is 13.0 Å². The molecule has 134 valence electrons. The number of nitrogens with one attached hydrogen (secondary N) is 2. The Labute approximate surface area is 140 Å². The Morgan fingerprint density at radius 1 is 1.36 bits per heavy atom. The predicted molar refractivity (Wildman–Crippen MR) is 79.9 cm³/mol. The highest BCUT2D eigenvalue weighted by atomic mass is 19.4. The number of hydrogen-bond acceptors (Lipinski definition) is 4. The van der Waals surface area contributed by atoms with Crippen molar-refractivity contribution in [2.24, 2.45) is 0 Å². The summed E-state index contributed by atoms with van der Waals surface area (Å²) in [5, 5.41) is 4.67. The summed E-state index contributed by atoms with van der Waals surface area (Å²) in [4.78, 5) is 36.3. The largest absolute Gasteiger partial charge is 0.418 e. The van der Waals surface area contributed by atoms with Gasteiger partial charge in [0, 0.05) is 25.6 Å².